The largest absolute Gasteiger partial charge is 0.398 e. The van der Waals surface area contributed by atoms with Crippen LogP contribution in [0.1, 0.15) is 21.5 Å². The van der Waals surface area contributed by atoms with Crippen molar-refractivity contribution in [2.24, 2.45) is 0 Å². The topological polar surface area (TPSA) is 79.3 Å². The van der Waals surface area contributed by atoms with E-state index in [0.717, 1.165) is 11.1 Å². The quantitative estimate of drug-likeness (QED) is 0.770. The number of morpholine rings is 1. The van der Waals surface area contributed by atoms with Gasteiger partial charge in [-0.2, -0.15) is 5.26 Å². The van der Waals surface area contributed by atoms with E-state index in [1.807, 2.05) is 26.0 Å². The third-order valence-corrected chi connectivity index (χ3v) is 3.34. The van der Waals surface area contributed by atoms with Crippen LogP contribution in [-0.4, -0.2) is 36.6 Å². The van der Waals surface area contributed by atoms with Crippen LogP contribution < -0.4 is 5.73 Å². The molecule has 100 valence electrons. The summed E-state index contributed by atoms with van der Waals surface area (Å²) >= 11 is 0. The molecule has 1 aliphatic rings. The summed E-state index contributed by atoms with van der Waals surface area (Å²) < 4.78 is 5.24. The highest BCUT2D eigenvalue weighted by molar-refractivity contribution is 5.96. The molecule has 1 saturated heterocycles. The molecule has 0 spiro atoms. The van der Waals surface area contributed by atoms with Crippen molar-refractivity contribution in [2.45, 2.75) is 20.0 Å². The molecule has 0 aromatic heterocycles. The third-order valence-electron chi connectivity index (χ3n) is 3.34. The van der Waals surface area contributed by atoms with E-state index < -0.39 is 6.10 Å². The highest BCUT2D eigenvalue weighted by atomic mass is 16.5. The SMILES string of the molecule is Cc1cc(C)c(C(=O)N2CCOC(C#N)C2)cc1N. The summed E-state index contributed by atoms with van der Waals surface area (Å²) in [5.74, 6) is -0.0900. The number of nitrogen functional groups attached to an aromatic ring is 1. The number of nitrogens with two attached hydrogens (primary N) is 1. The maximum absolute atomic E-state index is 12.5. The Kier molecular flexibility index (Phi) is 3.72. The lowest BCUT2D eigenvalue weighted by atomic mass is 10.0. The number of amides is 1. The van der Waals surface area contributed by atoms with Gasteiger partial charge in [0.2, 0.25) is 0 Å². The van der Waals surface area contributed by atoms with Crippen LogP contribution >= 0.6 is 0 Å². The van der Waals surface area contributed by atoms with Crippen molar-refractivity contribution in [3.05, 3.63) is 28.8 Å². The molecule has 1 heterocycles. The second kappa shape index (κ2) is 5.29. The Morgan fingerprint density at radius 2 is 2.21 bits per heavy atom. The molecule has 1 unspecified atom stereocenters. The van der Waals surface area contributed by atoms with Gasteiger partial charge in [-0.15, -0.1) is 0 Å². The maximum atomic E-state index is 12.5. The van der Waals surface area contributed by atoms with Gasteiger partial charge in [0.15, 0.2) is 6.10 Å². The Morgan fingerprint density at radius 1 is 1.47 bits per heavy atom. The van der Waals surface area contributed by atoms with Gasteiger partial charge in [-0.25, -0.2) is 0 Å². The summed E-state index contributed by atoms with van der Waals surface area (Å²) in [5.41, 5.74) is 8.94. The minimum absolute atomic E-state index is 0.0900. The lowest BCUT2D eigenvalue weighted by molar-refractivity contribution is 0.00343. The number of benzene rings is 1. The van der Waals surface area contributed by atoms with Crippen LogP contribution in [0.4, 0.5) is 5.69 Å². The molecule has 1 atom stereocenters. The van der Waals surface area contributed by atoms with Crippen molar-refractivity contribution in [1.29, 1.82) is 5.26 Å². The number of anilines is 1. The standard InChI is InChI=1S/C14H17N3O2/c1-9-5-10(2)13(16)6-12(9)14(18)17-3-4-19-11(7-15)8-17/h5-6,11H,3-4,8,16H2,1-2H3. The first-order valence-corrected chi connectivity index (χ1v) is 6.20. The second-order valence-electron chi connectivity index (χ2n) is 4.76. The van der Waals surface area contributed by atoms with Crippen LogP contribution in [0.5, 0.6) is 0 Å². The molecule has 0 radical (unpaired) electrons. The van der Waals surface area contributed by atoms with Gasteiger partial charge in [-0.05, 0) is 31.0 Å². The van der Waals surface area contributed by atoms with Crippen LogP contribution in [-0.2, 0) is 4.74 Å². The molecule has 0 saturated carbocycles. The third kappa shape index (κ3) is 2.69. The first kappa shape index (κ1) is 13.4. The van der Waals surface area contributed by atoms with Gasteiger partial charge < -0.3 is 15.4 Å². The van der Waals surface area contributed by atoms with Crippen molar-refractivity contribution in [1.82, 2.24) is 4.90 Å². The number of nitrogens with zero attached hydrogens (tertiary/aromatic N) is 2. The predicted octanol–water partition coefficient (Wildman–Crippen LogP) is 1.25. The molecule has 0 aliphatic carbocycles. The number of hydrogen-bond donors (Lipinski definition) is 1. The summed E-state index contributed by atoms with van der Waals surface area (Å²) in [6.45, 7) is 5.01. The fraction of sp³-hybridized carbons (Fsp3) is 0.429. The van der Waals surface area contributed by atoms with Gasteiger partial charge in [0.25, 0.3) is 5.91 Å². The summed E-state index contributed by atoms with van der Waals surface area (Å²) in [6.07, 6.45) is -0.541. The van der Waals surface area contributed by atoms with E-state index >= 15 is 0 Å². The Hall–Kier alpha value is -2.06. The average Bonchev–Trinajstić information content (AvgIpc) is 2.42. The van der Waals surface area contributed by atoms with Gasteiger partial charge in [0.05, 0.1) is 19.2 Å². The highest BCUT2D eigenvalue weighted by Crippen LogP contribution is 2.20. The molecule has 1 fully saturated rings. The minimum Gasteiger partial charge on any atom is -0.398 e. The van der Waals surface area contributed by atoms with E-state index in [2.05, 4.69) is 0 Å². The smallest absolute Gasteiger partial charge is 0.254 e. The molecule has 5 heteroatoms. The molecule has 1 amide bonds. The van der Waals surface area contributed by atoms with Crippen LogP contribution in [0.3, 0.4) is 0 Å². The fourth-order valence-corrected chi connectivity index (χ4v) is 2.18. The zero-order chi connectivity index (χ0) is 14.0. The summed E-state index contributed by atoms with van der Waals surface area (Å²) in [7, 11) is 0. The Labute approximate surface area is 112 Å². The number of rotatable bonds is 1. The van der Waals surface area contributed by atoms with Crippen LogP contribution in [0.25, 0.3) is 0 Å². The minimum atomic E-state index is -0.541. The van der Waals surface area contributed by atoms with E-state index in [-0.39, 0.29) is 5.91 Å². The van der Waals surface area contributed by atoms with Crippen molar-refractivity contribution < 1.29 is 9.53 Å². The normalized spacial score (nSPS) is 19.0. The summed E-state index contributed by atoms with van der Waals surface area (Å²) in [5, 5.41) is 8.86. The number of carbonyl (C=O) groups is 1. The highest BCUT2D eigenvalue weighted by Gasteiger charge is 2.25. The second-order valence-corrected chi connectivity index (χ2v) is 4.76. The van der Waals surface area contributed by atoms with E-state index in [0.29, 0.717) is 30.9 Å². The van der Waals surface area contributed by atoms with Gasteiger partial charge >= 0.3 is 0 Å². The zero-order valence-corrected chi connectivity index (χ0v) is 11.1. The molecule has 1 aliphatic heterocycles. The van der Waals surface area contributed by atoms with Gasteiger partial charge in [0.1, 0.15) is 0 Å². The Morgan fingerprint density at radius 3 is 2.89 bits per heavy atom. The molecule has 1 aromatic carbocycles. The first-order chi connectivity index (χ1) is 9.02. The lowest BCUT2D eigenvalue weighted by Gasteiger charge is -2.30. The molecule has 19 heavy (non-hydrogen) atoms. The molecule has 2 N–H and O–H groups in total. The van der Waals surface area contributed by atoms with Crippen molar-refractivity contribution in [2.75, 3.05) is 25.4 Å². The van der Waals surface area contributed by atoms with Gasteiger partial charge in [0, 0.05) is 17.8 Å². The van der Waals surface area contributed by atoms with Crippen molar-refractivity contribution in [3.63, 3.8) is 0 Å². The molecule has 0 bridgehead atoms. The summed E-state index contributed by atoms with van der Waals surface area (Å²) in [6, 6.07) is 5.65. The average molecular weight is 259 g/mol. The predicted molar refractivity (Wildman–Crippen MR) is 71.6 cm³/mol. The van der Waals surface area contributed by atoms with Crippen LogP contribution in [0, 0.1) is 25.2 Å². The molecule has 5 nitrogen and oxygen atoms in total. The van der Waals surface area contributed by atoms with E-state index in [1.165, 1.54) is 0 Å². The van der Waals surface area contributed by atoms with Crippen molar-refractivity contribution in [3.8, 4) is 6.07 Å². The van der Waals surface area contributed by atoms with E-state index in [4.69, 9.17) is 15.7 Å². The van der Waals surface area contributed by atoms with Gasteiger partial charge in [-0.3, -0.25) is 4.79 Å². The Bertz CT molecular complexity index is 548. The first-order valence-electron chi connectivity index (χ1n) is 6.20. The van der Waals surface area contributed by atoms with Crippen molar-refractivity contribution >= 4 is 11.6 Å². The monoisotopic (exact) mass is 259 g/mol. The maximum Gasteiger partial charge on any atom is 0.254 e. The number of hydrogen-bond acceptors (Lipinski definition) is 4. The number of aryl methyl sites for hydroxylation is 2. The van der Waals surface area contributed by atoms with Gasteiger partial charge in [-0.1, -0.05) is 6.07 Å². The van der Waals surface area contributed by atoms with E-state index in [9.17, 15) is 4.79 Å². The Balaban J connectivity index is 2.25. The van der Waals surface area contributed by atoms with Crippen LogP contribution in [0.2, 0.25) is 0 Å². The molecule has 2 rings (SSSR count). The summed E-state index contributed by atoms with van der Waals surface area (Å²) in [4.78, 5) is 14.1. The van der Waals surface area contributed by atoms with Crippen LogP contribution in [0.15, 0.2) is 12.1 Å². The van der Waals surface area contributed by atoms with E-state index in [1.54, 1.807) is 11.0 Å². The molecular formula is C14H17N3O2. The fourth-order valence-electron chi connectivity index (χ4n) is 2.18. The number of nitriles is 1. The molecule has 1 aromatic rings. The lowest BCUT2D eigenvalue weighted by Crippen LogP contribution is -2.45. The number of carbonyl (C=O) groups excluding carboxylic acids is 1. The number of ether oxygens (including phenoxy) is 1. The zero-order valence-electron chi connectivity index (χ0n) is 11.1. The molecular weight excluding hydrogens is 242 g/mol.